The Balaban J connectivity index is 2.32. The molecule has 0 radical (unpaired) electrons. The van der Waals surface area contributed by atoms with E-state index in [1.807, 2.05) is 6.82 Å². The fourth-order valence-corrected chi connectivity index (χ4v) is 1.59. The fourth-order valence-electron chi connectivity index (χ4n) is 1.59. The highest BCUT2D eigenvalue weighted by Gasteiger charge is 2.23. The number of carbonyl (C=O) groups is 1. The molecule has 9 heavy (non-hydrogen) atoms. The summed E-state index contributed by atoms with van der Waals surface area (Å²) in [5, 5.41) is 0. The second-order valence-corrected chi connectivity index (χ2v) is 3.04. The number of hydrogen-bond donors (Lipinski definition) is 0. The topological polar surface area (TPSA) is 17.1 Å². The van der Waals surface area contributed by atoms with Gasteiger partial charge in [0.05, 0.1) is 6.19 Å². The molecule has 2 heteroatoms. The Morgan fingerprint density at radius 3 is 2.44 bits per heavy atom. The number of rotatable bonds is 2. The van der Waals surface area contributed by atoms with E-state index in [-0.39, 0.29) is 0 Å². The van der Waals surface area contributed by atoms with Crippen LogP contribution in [0.2, 0.25) is 12.6 Å². The molecule has 0 N–H and O–H groups in total. The molecule has 0 amide bonds. The minimum atomic E-state index is 0.312. The van der Waals surface area contributed by atoms with Gasteiger partial charge in [0.1, 0.15) is 0 Å². The Morgan fingerprint density at radius 1 is 1.44 bits per heavy atom. The van der Waals surface area contributed by atoms with Gasteiger partial charge in [-0.15, -0.1) is 0 Å². The summed E-state index contributed by atoms with van der Waals surface area (Å²) >= 11 is 0. The predicted octanol–water partition coefficient (Wildman–Crippen LogP) is 1.83. The van der Waals surface area contributed by atoms with Crippen molar-refractivity contribution in [3.8, 4) is 0 Å². The molecule has 0 atom stereocenters. The predicted molar refractivity (Wildman–Crippen MR) is 40.6 cm³/mol. The Hall–Kier alpha value is -0.265. The molecule has 1 nitrogen and oxygen atoms in total. The highest BCUT2D eigenvalue weighted by atomic mass is 16.1. The summed E-state index contributed by atoms with van der Waals surface area (Å²) in [6.07, 6.45) is 6.32. The molecule has 0 spiro atoms. The third-order valence-electron chi connectivity index (χ3n) is 2.36. The van der Waals surface area contributed by atoms with Gasteiger partial charge in [0.2, 0.25) is 6.71 Å². The summed E-state index contributed by atoms with van der Waals surface area (Å²) in [7, 11) is 0. The van der Waals surface area contributed by atoms with Gasteiger partial charge >= 0.3 is 0 Å². The van der Waals surface area contributed by atoms with Crippen molar-refractivity contribution in [1.82, 2.24) is 0 Å². The van der Waals surface area contributed by atoms with Crippen LogP contribution in [0.5, 0.6) is 0 Å². The summed E-state index contributed by atoms with van der Waals surface area (Å²) < 4.78 is 0. The second-order valence-electron chi connectivity index (χ2n) is 3.04. The minimum Gasteiger partial charge on any atom is -0.315 e. The fraction of sp³-hybridized carbons (Fsp3) is 0.857. The summed E-state index contributed by atoms with van der Waals surface area (Å²) in [4.78, 5) is 10.3. The Bertz CT molecular complexity index is 97.1. The van der Waals surface area contributed by atoms with Gasteiger partial charge in [0, 0.05) is 0 Å². The van der Waals surface area contributed by atoms with Crippen LogP contribution in [0.4, 0.5) is 0 Å². The summed E-state index contributed by atoms with van der Waals surface area (Å²) in [5.41, 5.74) is 0. The van der Waals surface area contributed by atoms with E-state index in [1.54, 1.807) is 0 Å². The van der Waals surface area contributed by atoms with E-state index < -0.39 is 0 Å². The maximum absolute atomic E-state index is 10.3. The van der Waals surface area contributed by atoms with E-state index >= 15 is 0 Å². The monoisotopic (exact) mass is 124 g/mol. The van der Waals surface area contributed by atoms with E-state index in [0.717, 1.165) is 6.19 Å². The van der Waals surface area contributed by atoms with Crippen LogP contribution in [0.3, 0.4) is 0 Å². The van der Waals surface area contributed by atoms with Crippen LogP contribution in [0.25, 0.3) is 0 Å². The van der Waals surface area contributed by atoms with Gasteiger partial charge in [-0.05, 0) is 0 Å². The standard InChI is InChI=1S/C7H13BO/c1-8(6-9)7-4-2-3-5-7/h6-7H,2-5H2,1H3. The Kier molecular flexibility index (Phi) is 2.32. The lowest BCUT2D eigenvalue weighted by atomic mass is 9.44. The van der Waals surface area contributed by atoms with Crippen LogP contribution in [-0.4, -0.2) is 12.9 Å². The van der Waals surface area contributed by atoms with Gasteiger partial charge in [-0.2, -0.15) is 0 Å². The van der Waals surface area contributed by atoms with Gasteiger partial charge < -0.3 is 4.79 Å². The molecule has 0 aromatic rings. The minimum absolute atomic E-state index is 0.312. The molecule has 0 aliphatic heterocycles. The van der Waals surface area contributed by atoms with Crippen LogP contribution in [0.1, 0.15) is 25.7 Å². The van der Waals surface area contributed by atoms with Gasteiger partial charge in [0.15, 0.2) is 0 Å². The molecule has 1 fully saturated rings. The van der Waals surface area contributed by atoms with Crippen LogP contribution in [0, 0.1) is 0 Å². The average Bonchev–Trinajstić information content (AvgIpc) is 2.37. The molecule has 0 heterocycles. The first-order valence-corrected chi connectivity index (χ1v) is 3.80. The molecule has 0 saturated heterocycles. The Labute approximate surface area is 56.9 Å². The molecule has 1 saturated carbocycles. The molecule has 1 rings (SSSR count). The van der Waals surface area contributed by atoms with Crippen molar-refractivity contribution < 1.29 is 4.79 Å². The largest absolute Gasteiger partial charge is 0.315 e. The van der Waals surface area contributed by atoms with E-state index in [0.29, 0.717) is 12.5 Å². The molecular formula is C7H13BO. The third kappa shape index (κ3) is 1.57. The van der Waals surface area contributed by atoms with Crippen molar-refractivity contribution in [2.45, 2.75) is 38.3 Å². The van der Waals surface area contributed by atoms with Gasteiger partial charge in [0.25, 0.3) is 0 Å². The van der Waals surface area contributed by atoms with Crippen LogP contribution in [0.15, 0.2) is 0 Å². The summed E-state index contributed by atoms with van der Waals surface area (Å²) in [6, 6.07) is 0. The highest BCUT2D eigenvalue weighted by molar-refractivity contribution is 6.84. The molecule has 0 aromatic carbocycles. The van der Waals surface area contributed by atoms with Crippen molar-refractivity contribution in [3.63, 3.8) is 0 Å². The van der Waals surface area contributed by atoms with E-state index in [2.05, 4.69) is 0 Å². The average molecular weight is 124 g/mol. The van der Waals surface area contributed by atoms with E-state index in [9.17, 15) is 4.79 Å². The molecule has 1 aliphatic carbocycles. The van der Waals surface area contributed by atoms with Gasteiger partial charge in [-0.1, -0.05) is 38.3 Å². The van der Waals surface area contributed by atoms with Gasteiger partial charge in [-0.25, -0.2) is 0 Å². The maximum Gasteiger partial charge on any atom is 0.219 e. The van der Waals surface area contributed by atoms with Crippen molar-refractivity contribution in [2.24, 2.45) is 0 Å². The normalized spacial score (nSPS) is 20.1. The zero-order chi connectivity index (χ0) is 6.69. The zero-order valence-corrected chi connectivity index (χ0v) is 5.97. The molecule has 50 valence electrons. The zero-order valence-electron chi connectivity index (χ0n) is 5.97. The van der Waals surface area contributed by atoms with E-state index in [4.69, 9.17) is 0 Å². The molecule has 0 bridgehead atoms. The van der Waals surface area contributed by atoms with Crippen LogP contribution in [-0.2, 0) is 4.79 Å². The van der Waals surface area contributed by atoms with Crippen molar-refractivity contribution in [1.29, 1.82) is 0 Å². The molecular weight excluding hydrogens is 111 g/mol. The maximum atomic E-state index is 10.3. The van der Waals surface area contributed by atoms with Crippen LogP contribution < -0.4 is 0 Å². The number of hydrogen-bond acceptors (Lipinski definition) is 1. The lowest BCUT2D eigenvalue weighted by Crippen LogP contribution is -2.15. The first kappa shape index (κ1) is 6.85. The molecule has 0 unspecified atom stereocenters. The van der Waals surface area contributed by atoms with Crippen molar-refractivity contribution >= 4 is 12.9 Å². The lowest BCUT2D eigenvalue weighted by molar-refractivity contribution is 0.566. The smallest absolute Gasteiger partial charge is 0.219 e. The number of carbonyl (C=O) groups excluding carboxylic acids is 1. The summed E-state index contributed by atoms with van der Waals surface area (Å²) in [5.74, 6) is 0.711. The van der Waals surface area contributed by atoms with Crippen LogP contribution >= 0.6 is 0 Å². The molecule has 1 aliphatic rings. The molecule has 0 aromatic heterocycles. The van der Waals surface area contributed by atoms with Crippen molar-refractivity contribution in [3.05, 3.63) is 0 Å². The first-order chi connectivity index (χ1) is 4.34. The van der Waals surface area contributed by atoms with E-state index in [1.165, 1.54) is 25.7 Å². The Morgan fingerprint density at radius 2 is 2.00 bits per heavy atom. The van der Waals surface area contributed by atoms with Gasteiger partial charge in [-0.3, -0.25) is 0 Å². The first-order valence-electron chi connectivity index (χ1n) is 3.80. The highest BCUT2D eigenvalue weighted by Crippen LogP contribution is 2.31. The van der Waals surface area contributed by atoms with Crippen molar-refractivity contribution in [2.75, 3.05) is 0 Å². The second kappa shape index (κ2) is 3.04. The quantitative estimate of drug-likeness (QED) is 0.405. The summed E-state index contributed by atoms with van der Waals surface area (Å²) in [6.45, 7) is 2.34. The SMILES string of the molecule is CB(C=O)C1CCCC1. The third-order valence-corrected chi connectivity index (χ3v) is 2.36. The lowest BCUT2D eigenvalue weighted by Gasteiger charge is -2.06.